The highest BCUT2D eigenvalue weighted by Crippen LogP contribution is 2.19. The number of rotatable bonds is 5. The van der Waals surface area contributed by atoms with Gasteiger partial charge in [-0.1, -0.05) is 0 Å². The summed E-state index contributed by atoms with van der Waals surface area (Å²) in [6.45, 7) is 5.64. The lowest BCUT2D eigenvalue weighted by Crippen LogP contribution is -2.44. The molecule has 3 aromatic rings. The molecular formula is C19H22N10. The third-order valence-electron chi connectivity index (χ3n) is 4.31. The number of nitrogen functional groups attached to an aromatic ring is 1. The standard InChI is InChI=1S/C19H22N10/c1-13-26-17(8-19(27-13)29-6-4-21-5-7-29)28-18-12-23-15(10-25-18)3-2-14-9-24-16(20)11-22-14/h2-3,8-12,21H,4-7H2,1H3,(H2,20,24)(H,25,26,27,28)/b3-2+. The van der Waals surface area contributed by atoms with E-state index in [2.05, 4.69) is 45.4 Å². The minimum atomic E-state index is 0.387. The molecular weight excluding hydrogens is 368 g/mol. The Morgan fingerprint density at radius 3 is 2.31 bits per heavy atom. The first-order chi connectivity index (χ1) is 14.2. The van der Waals surface area contributed by atoms with Gasteiger partial charge >= 0.3 is 0 Å². The minimum absolute atomic E-state index is 0.387. The zero-order chi connectivity index (χ0) is 20.1. The molecule has 1 aliphatic heterocycles. The van der Waals surface area contributed by atoms with Gasteiger partial charge in [-0.3, -0.25) is 9.97 Å². The molecule has 0 unspecified atom stereocenters. The molecule has 148 valence electrons. The van der Waals surface area contributed by atoms with Crippen LogP contribution in [0.25, 0.3) is 12.2 Å². The fraction of sp³-hybridized carbons (Fsp3) is 0.263. The number of nitrogens with one attached hydrogen (secondary N) is 2. The number of anilines is 4. The Morgan fingerprint density at radius 2 is 1.66 bits per heavy atom. The Morgan fingerprint density at radius 1 is 0.931 bits per heavy atom. The van der Waals surface area contributed by atoms with Gasteiger partial charge in [0.25, 0.3) is 0 Å². The van der Waals surface area contributed by atoms with Crippen LogP contribution in [0.4, 0.5) is 23.3 Å². The van der Waals surface area contributed by atoms with Crippen molar-refractivity contribution in [3.05, 3.63) is 48.1 Å². The Balaban J connectivity index is 1.44. The number of aryl methyl sites for hydroxylation is 1. The number of piperazine rings is 1. The van der Waals surface area contributed by atoms with Gasteiger partial charge in [-0.15, -0.1) is 0 Å². The van der Waals surface area contributed by atoms with Crippen LogP contribution >= 0.6 is 0 Å². The maximum absolute atomic E-state index is 5.53. The molecule has 1 saturated heterocycles. The van der Waals surface area contributed by atoms with Crippen molar-refractivity contribution in [2.75, 3.05) is 42.1 Å². The van der Waals surface area contributed by atoms with Crippen LogP contribution in [-0.2, 0) is 0 Å². The largest absolute Gasteiger partial charge is 0.382 e. The predicted octanol–water partition coefficient (Wildman–Crippen LogP) is 1.27. The van der Waals surface area contributed by atoms with Gasteiger partial charge in [0.2, 0.25) is 0 Å². The molecule has 4 N–H and O–H groups in total. The van der Waals surface area contributed by atoms with Crippen molar-refractivity contribution in [1.29, 1.82) is 0 Å². The van der Waals surface area contributed by atoms with Crippen LogP contribution in [0.5, 0.6) is 0 Å². The first-order valence-electron chi connectivity index (χ1n) is 9.32. The second kappa shape index (κ2) is 8.57. The molecule has 10 heteroatoms. The van der Waals surface area contributed by atoms with E-state index < -0.39 is 0 Å². The van der Waals surface area contributed by atoms with Gasteiger partial charge in [0.1, 0.15) is 29.1 Å². The Hall–Kier alpha value is -3.66. The molecule has 0 bridgehead atoms. The smallest absolute Gasteiger partial charge is 0.150 e. The molecule has 0 spiro atoms. The molecule has 29 heavy (non-hydrogen) atoms. The topological polar surface area (TPSA) is 131 Å². The van der Waals surface area contributed by atoms with Crippen molar-refractivity contribution >= 4 is 35.4 Å². The molecule has 0 amide bonds. The number of aromatic nitrogens is 6. The summed E-state index contributed by atoms with van der Waals surface area (Å²) < 4.78 is 0. The zero-order valence-electron chi connectivity index (χ0n) is 16.1. The van der Waals surface area contributed by atoms with E-state index >= 15 is 0 Å². The van der Waals surface area contributed by atoms with Crippen molar-refractivity contribution in [2.24, 2.45) is 0 Å². The van der Waals surface area contributed by atoms with E-state index in [9.17, 15) is 0 Å². The summed E-state index contributed by atoms with van der Waals surface area (Å²) in [5, 5.41) is 6.55. The fourth-order valence-corrected chi connectivity index (χ4v) is 2.90. The fourth-order valence-electron chi connectivity index (χ4n) is 2.90. The Bertz CT molecular complexity index is 979. The van der Waals surface area contributed by atoms with Crippen molar-refractivity contribution in [2.45, 2.75) is 6.92 Å². The molecule has 4 rings (SSSR count). The lowest BCUT2D eigenvalue weighted by molar-refractivity contribution is 0.584. The highest BCUT2D eigenvalue weighted by atomic mass is 15.2. The Kier molecular flexibility index (Phi) is 5.52. The highest BCUT2D eigenvalue weighted by Gasteiger charge is 2.13. The van der Waals surface area contributed by atoms with E-state index in [0.29, 0.717) is 34.7 Å². The van der Waals surface area contributed by atoms with E-state index in [1.807, 2.05) is 19.1 Å². The second-order valence-electron chi connectivity index (χ2n) is 6.55. The third-order valence-corrected chi connectivity index (χ3v) is 4.31. The van der Waals surface area contributed by atoms with Crippen LogP contribution in [0.3, 0.4) is 0 Å². The summed E-state index contributed by atoms with van der Waals surface area (Å²) in [5.74, 6) is 3.32. The van der Waals surface area contributed by atoms with Crippen LogP contribution in [0, 0.1) is 6.92 Å². The van der Waals surface area contributed by atoms with Crippen molar-refractivity contribution in [3.63, 3.8) is 0 Å². The molecule has 0 aliphatic carbocycles. The van der Waals surface area contributed by atoms with Gasteiger partial charge in [-0.05, 0) is 19.1 Å². The predicted molar refractivity (Wildman–Crippen MR) is 113 cm³/mol. The van der Waals surface area contributed by atoms with Crippen molar-refractivity contribution in [1.82, 2.24) is 35.2 Å². The summed E-state index contributed by atoms with van der Waals surface area (Å²) in [5.41, 5.74) is 6.93. The maximum Gasteiger partial charge on any atom is 0.150 e. The lowest BCUT2D eigenvalue weighted by atomic mass is 10.3. The van der Waals surface area contributed by atoms with Gasteiger partial charge in [-0.25, -0.2) is 19.9 Å². The van der Waals surface area contributed by atoms with E-state index in [-0.39, 0.29) is 0 Å². The SMILES string of the molecule is Cc1nc(Nc2cnc(/C=C/c3cnc(N)cn3)cn2)cc(N2CCNCC2)n1. The zero-order valence-corrected chi connectivity index (χ0v) is 16.1. The van der Waals surface area contributed by atoms with Gasteiger partial charge in [0, 0.05) is 32.2 Å². The number of nitrogens with two attached hydrogens (primary N) is 1. The third kappa shape index (κ3) is 4.99. The van der Waals surface area contributed by atoms with Gasteiger partial charge in [-0.2, -0.15) is 0 Å². The maximum atomic E-state index is 5.53. The first kappa shape index (κ1) is 18.7. The molecule has 3 aromatic heterocycles. The quantitative estimate of drug-likeness (QED) is 0.585. The minimum Gasteiger partial charge on any atom is -0.382 e. The molecule has 0 atom stereocenters. The monoisotopic (exact) mass is 390 g/mol. The van der Waals surface area contributed by atoms with Crippen LogP contribution in [0.2, 0.25) is 0 Å². The second-order valence-corrected chi connectivity index (χ2v) is 6.55. The summed E-state index contributed by atoms with van der Waals surface area (Å²) in [6.07, 6.45) is 10.1. The van der Waals surface area contributed by atoms with Crippen LogP contribution in [0.1, 0.15) is 17.2 Å². The number of hydrogen-bond donors (Lipinski definition) is 3. The molecule has 0 saturated carbocycles. The molecule has 0 radical (unpaired) electrons. The van der Waals surface area contributed by atoms with Gasteiger partial charge in [0.15, 0.2) is 0 Å². The summed E-state index contributed by atoms with van der Waals surface area (Å²) in [7, 11) is 0. The lowest BCUT2D eigenvalue weighted by Gasteiger charge is -2.28. The van der Waals surface area contributed by atoms with Gasteiger partial charge in [0.05, 0.1) is 36.2 Å². The van der Waals surface area contributed by atoms with Crippen LogP contribution in [-0.4, -0.2) is 56.1 Å². The first-order valence-corrected chi connectivity index (χ1v) is 9.32. The van der Waals surface area contributed by atoms with Crippen LogP contribution < -0.4 is 21.3 Å². The van der Waals surface area contributed by atoms with E-state index in [4.69, 9.17) is 5.73 Å². The van der Waals surface area contributed by atoms with Gasteiger partial charge < -0.3 is 21.3 Å². The number of nitrogens with zero attached hydrogens (tertiary/aromatic N) is 7. The average molecular weight is 390 g/mol. The number of hydrogen-bond acceptors (Lipinski definition) is 10. The van der Waals surface area contributed by atoms with Crippen LogP contribution in [0.15, 0.2) is 30.9 Å². The average Bonchev–Trinajstić information content (AvgIpc) is 2.75. The molecule has 1 aliphatic rings. The molecule has 1 fully saturated rings. The van der Waals surface area contributed by atoms with E-state index in [1.165, 1.54) is 6.20 Å². The molecule has 10 nitrogen and oxygen atoms in total. The summed E-state index contributed by atoms with van der Waals surface area (Å²) >= 11 is 0. The molecule has 0 aromatic carbocycles. The van der Waals surface area contributed by atoms with E-state index in [1.54, 1.807) is 24.7 Å². The molecule has 4 heterocycles. The summed E-state index contributed by atoms with van der Waals surface area (Å²) in [4.78, 5) is 28.2. The van der Waals surface area contributed by atoms with Crippen molar-refractivity contribution in [3.8, 4) is 0 Å². The van der Waals surface area contributed by atoms with E-state index in [0.717, 1.165) is 32.0 Å². The normalized spacial score (nSPS) is 14.3. The Labute approximate surface area is 168 Å². The highest BCUT2D eigenvalue weighted by molar-refractivity contribution is 5.66. The summed E-state index contributed by atoms with van der Waals surface area (Å²) in [6, 6.07) is 1.94. The van der Waals surface area contributed by atoms with Crippen molar-refractivity contribution < 1.29 is 0 Å².